The standard InChI is InChI=1S/C11H13I2N3O3/c12-3-5-15(6-4-13)10-7-8(11(14)17)1-2-9(10)16(18)19/h1-2,7H,3-6H2,(H2,14,17). The van der Waals surface area contributed by atoms with Crippen LogP contribution in [0.25, 0.3) is 0 Å². The molecule has 0 bridgehead atoms. The van der Waals surface area contributed by atoms with Gasteiger partial charge in [0.05, 0.1) is 4.92 Å². The van der Waals surface area contributed by atoms with Crippen molar-refractivity contribution in [3.05, 3.63) is 33.9 Å². The van der Waals surface area contributed by atoms with Gasteiger partial charge in [-0.25, -0.2) is 0 Å². The van der Waals surface area contributed by atoms with Crippen LogP contribution >= 0.6 is 45.2 Å². The summed E-state index contributed by atoms with van der Waals surface area (Å²) in [5.41, 5.74) is 5.96. The highest BCUT2D eigenvalue weighted by atomic mass is 127. The number of alkyl halides is 2. The quantitative estimate of drug-likeness (QED) is 0.276. The van der Waals surface area contributed by atoms with E-state index in [1.54, 1.807) is 0 Å². The van der Waals surface area contributed by atoms with E-state index in [1.165, 1.54) is 18.2 Å². The lowest BCUT2D eigenvalue weighted by molar-refractivity contribution is -0.384. The van der Waals surface area contributed by atoms with Gasteiger partial charge in [-0.1, -0.05) is 45.2 Å². The Morgan fingerprint density at radius 2 is 1.89 bits per heavy atom. The van der Waals surface area contributed by atoms with E-state index in [4.69, 9.17) is 5.73 Å². The molecule has 19 heavy (non-hydrogen) atoms. The van der Waals surface area contributed by atoms with E-state index in [-0.39, 0.29) is 11.3 Å². The molecule has 0 fully saturated rings. The van der Waals surface area contributed by atoms with Gasteiger partial charge in [0.1, 0.15) is 5.69 Å². The van der Waals surface area contributed by atoms with Gasteiger partial charge in [0.25, 0.3) is 5.69 Å². The second-order valence-electron chi connectivity index (χ2n) is 3.69. The number of primary amides is 1. The fourth-order valence-corrected chi connectivity index (χ4v) is 2.81. The maximum Gasteiger partial charge on any atom is 0.292 e. The second-order valence-corrected chi connectivity index (χ2v) is 5.85. The number of nitrogens with two attached hydrogens (primary N) is 1. The van der Waals surface area contributed by atoms with Gasteiger partial charge in [-0.15, -0.1) is 0 Å². The van der Waals surface area contributed by atoms with Crippen LogP contribution in [0.15, 0.2) is 18.2 Å². The Morgan fingerprint density at radius 3 is 2.32 bits per heavy atom. The Morgan fingerprint density at radius 1 is 1.32 bits per heavy atom. The molecule has 0 radical (unpaired) electrons. The van der Waals surface area contributed by atoms with Crippen molar-refractivity contribution in [2.45, 2.75) is 0 Å². The van der Waals surface area contributed by atoms with Gasteiger partial charge in [-0.05, 0) is 12.1 Å². The number of nitrogens with zero attached hydrogens (tertiary/aromatic N) is 2. The minimum absolute atomic E-state index is 0.000278. The van der Waals surface area contributed by atoms with Crippen LogP contribution in [0.1, 0.15) is 10.4 Å². The normalized spacial score (nSPS) is 10.2. The molecule has 1 rings (SSSR count). The van der Waals surface area contributed by atoms with Gasteiger partial charge in [-0.2, -0.15) is 0 Å². The monoisotopic (exact) mass is 489 g/mol. The molecule has 8 heteroatoms. The molecular formula is C11H13I2N3O3. The molecule has 0 saturated carbocycles. The lowest BCUT2D eigenvalue weighted by atomic mass is 10.1. The van der Waals surface area contributed by atoms with E-state index in [2.05, 4.69) is 45.2 Å². The number of hydrogen-bond acceptors (Lipinski definition) is 4. The fourth-order valence-electron chi connectivity index (χ4n) is 1.64. The van der Waals surface area contributed by atoms with Crippen LogP contribution in [0.2, 0.25) is 0 Å². The lowest BCUT2D eigenvalue weighted by Gasteiger charge is -2.23. The number of carbonyl (C=O) groups is 1. The van der Waals surface area contributed by atoms with Crippen LogP contribution in [-0.2, 0) is 0 Å². The fraction of sp³-hybridized carbons (Fsp3) is 0.364. The smallest absolute Gasteiger partial charge is 0.292 e. The molecule has 1 aromatic carbocycles. The van der Waals surface area contributed by atoms with Crippen molar-refractivity contribution >= 4 is 62.5 Å². The molecule has 0 heterocycles. The van der Waals surface area contributed by atoms with Gasteiger partial charge >= 0.3 is 0 Å². The minimum Gasteiger partial charge on any atom is -0.366 e. The van der Waals surface area contributed by atoms with Gasteiger partial charge in [0, 0.05) is 33.6 Å². The Bertz CT molecular complexity index is 476. The summed E-state index contributed by atoms with van der Waals surface area (Å²) >= 11 is 4.43. The van der Waals surface area contributed by atoms with Crippen LogP contribution < -0.4 is 10.6 Å². The van der Waals surface area contributed by atoms with E-state index in [0.717, 1.165) is 8.86 Å². The summed E-state index contributed by atoms with van der Waals surface area (Å²) in [7, 11) is 0. The maximum absolute atomic E-state index is 11.2. The molecule has 0 spiro atoms. The van der Waals surface area contributed by atoms with Gasteiger partial charge in [-0.3, -0.25) is 14.9 Å². The van der Waals surface area contributed by atoms with E-state index < -0.39 is 10.8 Å². The summed E-state index contributed by atoms with van der Waals surface area (Å²) in [6, 6.07) is 4.22. The third-order valence-electron chi connectivity index (χ3n) is 2.51. The zero-order valence-corrected chi connectivity index (χ0v) is 14.3. The second kappa shape index (κ2) is 7.82. The number of nitro groups is 1. The Hall–Kier alpha value is -0.650. The van der Waals surface area contributed by atoms with Crippen molar-refractivity contribution in [2.75, 3.05) is 26.8 Å². The third kappa shape index (κ3) is 4.44. The molecule has 0 unspecified atom stereocenters. The highest BCUT2D eigenvalue weighted by Gasteiger charge is 2.20. The van der Waals surface area contributed by atoms with Crippen LogP contribution in [0.4, 0.5) is 11.4 Å². The molecule has 0 aromatic heterocycles. The summed E-state index contributed by atoms with van der Waals surface area (Å²) < 4.78 is 1.68. The van der Waals surface area contributed by atoms with Gasteiger partial charge < -0.3 is 10.6 Å². The first-order chi connectivity index (χ1) is 9.01. The predicted octanol–water partition coefficient (Wildman–Crippen LogP) is 2.37. The number of halogens is 2. The van der Waals surface area contributed by atoms with Gasteiger partial charge in [0.15, 0.2) is 0 Å². The van der Waals surface area contributed by atoms with Gasteiger partial charge in [0.2, 0.25) is 5.91 Å². The zero-order chi connectivity index (χ0) is 14.4. The topological polar surface area (TPSA) is 89.5 Å². The van der Waals surface area contributed by atoms with E-state index in [1.807, 2.05) is 4.90 Å². The molecule has 2 N–H and O–H groups in total. The summed E-state index contributed by atoms with van der Waals surface area (Å²) in [4.78, 5) is 23.7. The van der Waals surface area contributed by atoms with Crippen LogP contribution in [0.3, 0.4) is 0 Å². The van der Waals surface area contributed by atoms with Crippen molar-refractivity contribution in [1.29, 1.82) is 0 Å². The zero-order valence-electron chi connectivity index (χ0n) is 10.0. The van der Waals surface area contributed by atoms with Crippen molar-refractivity contribution in [1.82, 2.24) is 0 Å². The lowest BCUT2D eigenvalue weighted by Crippen LogP contribution is -2.28. The predicted molar refractivity (Wildman–Crippen MR) is 91.6 cm³/mol. The highest BCUT2D eigenvalue weighted by molar-refractivity contribution is 14.1. The highest BCUT2D eigenvalue weighted by Crippen LogP contribution is 2.29. The number of carbonyl (C=O) groups excluding carboxylic acids is 1. The third-order valence-corrected chi connectivity index (χ3v) is 3.47. The summed E-state index contributed by atoms with van der Waals surface area (Å²) in [6.45, 7) is 1.37. The van der Waals surface area contributed by atoms with Crippen molar-refractivity contribution in [3.63, 3.8) is 0 Å². The maximum atomic E-state index is 11.2. The van der Waals surface area contributed by atoms with E-state index >= 15 is 0 Å². The molecule has 1 amide bonds. The number of benzene rings is 1. The van der Waals surface area contributed by atoms with Crippen LogP contribution in [0.5, 0.6) is 0 Å². The first-order valence-corrected chi connectivity index (χ1v) is 8.51. The van der Waals surface area contributed by atoms with E-state index in [0.29, 0.717) is 18.8 Å². The Balaban J connectivity index is 3.28. The molecule has 0 saturated heterocycles. The number of nitro benzene ring substituents is 1. The number of rotatable bonds is 7. The number of amides is 1. The molecule has 1 aromatic rings. The summed E-state index contributed by atoms with van der Waals surface area (Å²) in [6.07, 6.45) is 0. The molecule has 0 aliphatic rings. The summed E-state index contributed by atoms with van der Waals surface area (Å²) in [5, 5.41) is 11.1. The number of hydrogen-bond donors (Lipinski definition) is 1. The van der Waals surface area contributed by atoms with Crippen LogP contribution in [0, 0.1) is 10.1 Å². The number of anilines is 1. The summed E-state index contributed by atoms with van der Waals surface area (Å²) in [5.74, 6) is -0.583. The minimum atomic E-state index is -0.583. The molecular weight excluding hydrogens is 476 g/mol. The molecule has 0 aliphatic heterocycles. The SMILES string of the molecule is NC(=O)c1ccc([N+](=O)[O-])c(N(CCI)CCI)c1. The average Bonchev–Trinajstić information content (AvgIpc) is 2.37. The van der Waals surface area contributed by atoms with Crippen molar-refractivity contribution < 1.29 is 9.72 Å². The molecule has 0 aliphatic carbocycles. The molecule has 6 nitrogen and oxygen atoms in total. The average molecular weight is 489 g/mol. The largest absolute Gasteiger partial charge is 0.366 e. The molecule has 104 valence electrons. The first-order valence-electron chi connectivity index (χ1n) is 5.46. The first kappa shape index (κ1) is 16.4. The van der Waals surface area contributed by atoms with Crippen LogP contribution in [-0.4, -0.2) is 32.8 Å². The van der Waals surface area contributed by atoms with Crippen molar-refractivity contribution in [2.24, 2.45) is 5.73 Å². The Kier molecular flexibility index (Phi) is 6.75. The molecule has 0 atom stereocenters. The Labute approximate surface area is 138 Å². The van der Waals surface area contributed by atoms with E-state index in [9.17, 15) is 14.9 Å². The van der Waals surface area contributed by atoms with Crippen molar-refractivity contribution in [3.8, 4) is 0 Å².